The number of hydrogen-bond acceptors (Lipinski definition) is 6. The zero-order valence-corrected chi connectivity index (χ0v) is 15.4. The summed E-state index contributed by atoms with van der Waals surface area (Å²) in [5, 5.41) is 0.747. The fraction of sp³-hybridized carbons (Fsp3) is 0.238. The van der Waals surface area contributed by atoms with Crippen LogP contribution in [0.15, 0.2) is 57.7 Å². The largest absolute Gasteiger partial charge is 0.497 e. The van der Waals surface area contributed by atoms with Gasteiger partial charge in [-0.2, -0.15) is 0 Å². The molecule has 2 aromatic carbocycles. The average molecular weight is 368 g/mol. The molecule has 1 heterocycles. The van der Waals surface area contributed by atoms with Crippen LogP contribution in [-0.2, 0) is 9.53 Å². The molecule has 0 amide bonds. The fourth-order valence-corrected chi connectivity index (χ4v) is 2.65. The minimum Gasteiger partial charge on any atom is -0.497 e. The molecule has 140 valence electrons. The minimum absolute atomic E-state index is 0.285. The van der Waals surface area contributed by atoms with E-state index in [1.54, 1.807) is 69.5 Å². The van der Waals surface area contributed by atoms with Crippen molar-refractivity contribution in [1.29, 1.82) is 0 Å². The number of methoxy groups -OCH3 is 1. The van der Waals surface area contributed by atoms with Crippen LogP contribution < -0.4 is 15.1 Å². The highest BCUT2D eigenvalue weighted by Crippen LogP contribution is 2.26. The average Bonchev–Trinajstić information content (AvgIpc) is 2.67. The first kappa shape index (κ1) is 18.5. The highest BCUT2D eigenvalue weighted by Gasteiger charge is 2.16. The summed E-state index contributed by atoms with van der Waals surface area (Å²) < 4.78 is 21.1. The number of carbonyl (C=O) groups excluding carboxylic acids is 1. The molecule has 1 aromatic heterocycles. The van der Waals surface area contributed by atoms with Crippen molar-refractivity contribution in [3.05, 3.63) is 59.0 Å². The Balaban J connectivity index is 1.90. The van der Waals surface area contributed by atoms with Gasteiger partial charge in [-0.3, -0.25) is 0 Å². The summed E-state index contributed by atoms with van der Waals surface area (Å²) in [6, 6.07) is 14.0. The van der Waals surface area contributed by atoms with E-state index in [1.165, 1.54) is 0 Å². The van der Waals surface area contributed by atoms with Crippen molar-refractivity contribution in [2.24, 2.45) is 0 Å². The van der Waals surface area contributed by atoms with Crippen LogP contribution in [0.2, 0.25) is 0 Å². The summed E-state index contributed by atoms with van der Waals surface area (Å²) in [5.41, 5.74) is 1.12. The molecular weight excluding hydrogens is 348 g/mol. The molecule has 0 bridgehead atoms. The van der Waals surface area contributed by atoms with Crippen molar-refractivity contribution in [3.8, 4) is 22.6 Å². The number of ether oxygens (including phenoxy) is 3. The van der Waals surface area contributed by atoms with E-state index in [4.69, 9.17) is 18.6 Å². The summed E-state index contributed by atoms with van der Waals surface area (Å²) in [7, 11) is 1.59. The lowest BCUT2D eigenvalue weighted by atomic mass is 10.1. The van der Waals surface area contributed by atoms with E-state index < -0.39 is 17.7 Å². The fourth-order valence-electron chi connectivity index (χ4n) is 2.65. The van der Waals surface area contributed by atoms with E-state index in [1.807, 2.05) is 0 Å². The summed E-state index contributed by atoms with van der Waals surface area (Å²) >= 11 is 0. The Hall–Kier alpha value is -3.28. The molecule has 0 radical (unpaired) electrons. The number of fused-ring (bicyclic) bond motifs is 1. The lowest BCUT2D eigenvalue weighted by Gasteiger charge is -2.13. The van der Waals surface area contributed by atoms with Gasteiger partial charge in [-0.25, -0.2) is 9.59 Å². The summed E-state index contributed by atoms with van der Waals surface area (Å²) in [6.07, 6.45) is -0.757. The lowest BCUT2D eigenvalue weighted by molar-refractivity contribution is -0.150. The van der Waals surface area contributed by atoms with Gasteiger partial charge in [0.25, 0.3) is 0 Å². The maximum atomic E-state index is 12.4. The normalized spacial score (nSPS) is 11.8. The maximum Gasteiger partial charge on any atom is 0.347 e. The number of rotatable bonds is 6. The molecule has 0 aliphatic rings. The van der Waals surface area contributed by atoms with Gasteiger partial charge in [-0.05, 0) is 49.7 Å². The molecule has 0 aliphatic heterocycles. The molecule has 0 saturated heterocycles. The number of benzene rings is 2. The molecule has 3 rings (SSSR count). The van der Waals surface area contributed by atoms with Gasteiger partial charge in [0.1, 0.15) is 17.1 Å². The molecule has 0 saturated carbocycles. The minimum atomic E-state index is -0.757. The molecule has 0 spiro atoms. The molecule has 0 unspecified atom stereocenters. The van der Waals surface area contributed by atoms with E-state index in [0.717, 1.165) is 10.9 Å². The van der Waals surface area contributed by atoms with Crippen molar-refractivity contribution < 1.29 is 23.4 Å². The quantitative estimate of drug-likeness (QED) is 0.487. The Kier molecular flexibility index (Phi) is 5.45. The van der Waals surface area contributed by atoms with E-state index in [9.17, 15) is 9.59 Å². The van der Waals surface area contributed by atoms with E-state index in [2.05, 4.69) is 0 Å². The van der Waals surface area contributed by atoms with Gasteiger partial charge in [0.05, 0.1) is 19.3 Å². The first-order chi connectivity index (χ1) is 13.0. The predicted molar refractivity (Wildman–Crippen MR) is 101 cm³/mol. The predicted octanol–water partition coefficient (Wildman–Crippen LogP) is 3.80. The molecule has 0 fully saturated rings. The van der Waals surface area contributed by atoms with Gasteiger partial charge in [-0.1, -0.05) is 12.1 Å². The Morgan fingerprint density at radius 1 is 1.07 bits per heavy atom. The van der Waals surface area contributed by atoms with Crippen LogP contribution in [-0.4, -0.2) is 25.8 Å². The topological polar surface area (TPSA) is 75.0 Å². The van der Waals surface area contributed by atoms with Gasteiger partial charge < -0.3 is 18.6 Å². The summed E-state index contributed by atoms with van der Waals surface area (Å²) in [4.78, 5) is 24.1. The van der Waals surface area contributed by atoms with E-state index in [-0.39, 0.29) is 6.61 Å². The number of hydrogen-bond donors (Lipinski definition) is 0. The van der Waals surface area contributed by atoms with E-state index >= 15 is 0 Å². The second-order valence-corrected chi connectivity index (χ2v) is 5.89. The highest BCUT2D eigenvalue weighted by molar-refractivity contribution is 5.83. The van der Waals surface area contributed by atoms with Crippen molar-refractivity contribution in [2.45, 2.75) is 20.0 Å². The zero-order chi connectivity index (χ0) is 19.4. The third-order valence-electron chi connectivity index (χ3n) is 4.04. The molecule has 6 nitrogen and oxygen atoms in total. The van der Waals surface area contributed by atoms with Crippen LogP contribution in [0.5, 0.6) is 11.5 Å². The highest BCUT2D eigenvalue weighted by atomic mass is 16.6. The Morgan fingerprint density at radius 2 is 1.78 bits per heavy atom. The van der Waals surface area contributed by atoms with Crippen molar-refractivity contribution in [2.75, 3.05) is 13.7 Å². The van der Waals surface area contributed by atoms with Crippen LogP contribution in [0.3, 0.4) is 0 Å². The van der Waals surface area contributed by atoms with Gasteiger partial charge in [-0.15, -0.1) is 0 Å². The molecular formula is C21H20O6. The van der Waals surface area contributed by atoms with Crippen LogP contribution in [0, 0.1) is 0 Å². The second-order valence-electron chi connectivity index (χ2n) is 5.89. The Bertz CT molecular complexity index is 1000. The Labute approximate surface area is 156 Å². The van der Waals surface area contributed by atoms with Gasteiger partial charge in [0.2, 0.25) is 0 Å². The molecule has 0 N–H and O–H groups in total. The van der Waals surface area contributed by atoms with E-state index in [0.29, 0.717) is 22.6 Å². The lowest BCUT2D eigenvalue weighted by Crippen LogP contribution is -2.26. The van der Waals surface area contributed by atoms with Gasteiger partial charge >= 0.3 is 11.6 Å². The van der Waals surface area contributed by atoms with Crippen LogP contribution in [0.25, 0.3) is 22.1 Å². The molecule has 1 atom stereocenters. The number of esters is 1. The van der Waals surface area contributed by atoms with Crippen LogP contribution >= 0.6 is 0 Å². The standard InChI is InChI=1S/C21H20O6/c1-4-25-20(22)13(2)26-17-10-7-15-11-18(21(23)27-19(15)12-17)14-5-8-16(24-3)9-6-14/h5-13H,4H2,1-3H3/t13-/m1/s1. The smallest absolute Gasteiger partial charge is 0.347 e. The monoisotopic (exact) mass is 368 g/mol. The third kappa shape index (κ3) is 4.11. The van der Waals surface area contributed by atoms with Crippen molar-refractivity contribution >= 4 is 16.9 Å². The summed E-state index contributed by atoms with van der Waals surface area (Å²) in [6.45, 7) is 3.62. The third-order valence-corrected chi connectivity index (χ3v) is 4.04. The van der Waals surface area contributed by atoms with Crippen molar-refractivity contribution in [1.82, 2.24) is 0 Å². The van der Waals surface area contributed by atoms with Crippen LogP contribution in [0.4, 0.5) is 0 Å². The van der Waals surface area contributed by atoms with Crippen LogP contribution in [0.1, 0.15) is 13.8 Å². The first-order valence-electron chi connectivity index (χ1n) is 8.57. The SMILES string of the molecule is CCOC(=O)[C@@H](C)Oc1ccc2cc(-c3ccc(OC)cc3)c(=O)oc2c1. The molecule has 3 aromatic rings. The first-order valence-corrected chi connectivity index (χ1v) is 8.57. The second kappa shape index (κ2) is 7.95. The zero-order valence-electron chi connectivity index (χ0n) is 15.4. The Morgan fingerprint density at radius 3 is 2.44 bits per heavy atom. The van der Waals surface area contributed by atoms with Crippen molar-refractivity contribution in [3.63, 3.8) is 0 Å². The van der Waals surface area contributed by atoms with Gasteiger partial charge in [0, 0.05) is 11.5 Å². The molecule has 27 heavy (non-hydrogen) atoms. The van der Waals surface area contributed by atoms with Gasteiger partial charge in [0.15, 0.2) is 6.10 Å². The maximum absolute atomic E-state index is 12.4. The summed E-state index contributed by atoms with van der Waals surface area (Å²) in [5.74, 6) is 0.679. The molecule has 6 heteroatoms. The molecule has 0 aliphatic carbocycles. The number of carbonyl (C=O) groups is 1.